The van der Waals surface area contributed by atoms with E-state index in [9.17, 15) is 4.79 Å². The Hall–Kier alpha value is -2.37. The highest BCUT2D eigenvalue weighted by atomic mass is 35.5. The summed E-state index contributed by atoms with van der Waals surface area (Å²) in [6, 6.07) is 15.9. The Kier molecular flexibility index (Phi) is 5.36. The number of carbonyl (C=O) groups excluding carboxylic acids is 1. The molecule has 0 saturated carbocycles. The predicted octanol–water partition coefficient (Wildman–Crippen LogP) is 4.78. The van der Waals surface area contributed by atoms with Gasteiger partial charge in [0.1, 0.15) is 0 Å². The molecule has 0 spiro atoms. The average molecular weight is 372 g/mol. The zero-order valence-electron chi connectivity index (χ0n) is 14.0. The molecule has 0 aliphatic rings. The molecule has 0 atom stereocenters. The van der Waals surface area contributed by atoms with Gasteiger partial charge in [0.15, 0.2) is 4.47 Å². The molecule has 1 aromatic heterocycles. The summed E-state index contributed by atoms with van der Waals surface area (Å²) < 4.78 is 0.559. The number of hydrogen-bond donors (Lipinski definition) is 1. The summed E-state index contributed by atoms with van der Waals surface area (Å²) in [4.78, 5) is 18.6. The molecule has 0 aliphatic heterocycles. The molecular formula is C19H18ClN3OS. The van der Waals surface area contributed by atoms with Gasteiger partial charge in [-0.15, -0.1) is 11.3 Å². The molecule has 0 radical (unpaired) electrons. The van der Waals surface area contributed by atoms with E-state index in [1.54, 1.807) is 25.2 Å². The van der Waals surface area contributed by atoms with E-state index >= 15 is 0 Å². The smallest absolute Gasteiger partial charge is 0.253 e. The molecule has 0 bridgehead atoms. The number of halogens is 1. The van der Waals surface area contributed by atoms with Crippen molar-refractivity contribution < 1.29 is 4.79 Å². The Morgan fingerprint density at radius 2 is 1.68 bits per heavy atom. The van der Waals surface area contributed by atoms with Gasteiger partial charge in [-0.1, -0.05) is 35.9 Å². The van der Waals surface area contributed by atoms with Crippen LogP contribution in [0.25, 0.3) is 11.1 Å². The van der Waals surface area contributed by atoms with Crippen LogP contribution in [0.2, 0.25) is 4.47 Å². The van der Waals surface area contributed by atoms with Gasteiger partial charge < -0.3 is 10.2 Å². The molecular weight excluding hydrogens is 354 g/mol. The quantitative estimate of drug-likeness (QED) is 0.702. The summed E-state index contributed by atoms with van der Waals surface area (Å²) in [5, 5.41) is 3.35. The van der Waals surface area contributed by atoms with E-state index in [1.165, 1.54) is 11.3 Å². The average Bonchev–Trinajstić information content (AvgIpc) is 3.05. The van der Waals surface area contributed by atoms with Crippen LogP contribution in [0.3, 0.4) is 0 Å². The van der Waals surface area contributed by atoms with E-state index in [4.69, 9.17) is 11.6 Å². The summed E-state index contributed by atoms with van der Waals surface area (Å²) in [6.07, 6.45) is 1.78. The Bertz CT molecular complexity index is 857. The SMILES string of the molecule is CN(C)C(=O)c1ccc(-c2ccc(NCc3cnc(Cl)s3)cc2)cc1. The molecule has 1 heterocycles. The third kappa shape index (κ3) is 4.38. The molecule has 4 nitrogen and oxygen atoms in total. The Balaban J connectivity index is 1.66. The molecule has 3 aromatic rings. The van der Waals surface area contributed by atoms with Crippen LogP contribution in [0.15, 0.2) is 54.7 Å². The van der Waals surface area contributed by atoms with E-state index < -0.39 is 0 Å². The number of anilines is 1. The number of aromatic nitrogens is 1. The molecule has 0 saturated heterocycles. The number of amides is 1. The standard InChI is InChI=1S/C19H18ClN3OS/c1-23(2)18(24)15-5-3-13(4-6-15)14-7-9-16(10-8-14)21-11-17-12-22-19(20)25-17/h3-10,12,21H,11H2,1-2H3. The number of carbonyl (C=O) groups is 1. The lowest BCUT2D eigenvalue weighted by molar-refractivity contribution is 0.0827. The summed E-state index contributed by atoms with van der Waals surface area (Å²) in [5.41, 5.74) is 3.91. The van der Waals surface area contributed by atoms with Crippen LogP contribution in [-0.2, 0) is 6.54 Å². The maximum atomic E-state index is 11.9. The van der Waals surface area contributed by atoms with Gasteiger partial charge in [-0.2, -0.15) is 0 Å². The molecule has 2 aromatic carbocycles. The summed E-state index contributed by atoms with van der Waals surface area (Å²) in [6.45, 7) is 0.699. The van der Waals surface area contributed by atoms with Crippen molar-refractivity contribution in [2.24, 2.45) is 0 Å². The van der Waals surface area contributed by atoms with Crippen molar-refractivity contribution in [1.82, 2.24) is 9.88 Å². The molecule has 0 fully saturated rings. The van der Waals surface area contributed by atoms with Crippen LogP contribution in [0.1, 0.15) is 15.2 Å². The fourth-order valence-corrected chi connectivity index (χ4v) is 3.32. The molecule has 128 valence electrons. The second-order valence-electron chi connectivity index (χ2n) is 5.79. The first-order valence-corrected chi connectivity index (χ1v) is 8.98. The van der Waals surface area contributed by atoms with Crippen molar-refractivity contribution in [2.75, 3.05) is 19.4 Å². The van der Waals surface area contributed by atoms with Crippen molar-refractivity contribution in [2.45, 2.75) is 6.54 Å². The van der Waals surface area contributed by atoms with Crippen LogP contribution >= 0.6 is 22.9 Å². The monoisotopic (exact) mass is 371 g/mol. The first kappa shape index (κ1) is 17.5. The van der Waals surface area contributed by atoms with E-state index in [1.807, 2.05) is 36.4 Å². The largest absolute Gasteiger partial charge is 0.380 e. The molecule has 3 rings (SSSR count). The molecule has 6 heteroatoms. The third-order valence-electron chi connectivity index (χ3n) is 3.75. The topological polar surface area (TPSA) is 45.2 Å². The van der Waals surface area contributed by atoms with Crippen LogP contribution in [0.4, 0.5) is 5.69 Å². The van der Waals surface area contributed by atoms with Crippen LogP contribution in [0, 0.1) is 0 Å². The molecule has 1 N–H and O–H groups in total. The second-order valence-corrected chi connectivity index (χ2v) is 7.48. The van der Waals surface area contributed by atoms with E-state index in [0.717, 1.165) is 21.7 Å². The normalized spacial score (nSPS) is 10.5. The third-order valence-corrected chi connectivity index (χ3v) is 4.86. The summed E-state index contributed by atoms with van der Waals surface area (Å²) in [5.74, 6) is 0.00858. The molecule has 0 unspecified atom stereocenters. The van der Waals surface area contributed by atoms with Crippen LogP contribution in [-0.4, -0.2) is 29.9 Å². The Morgan fingerprint density at radius 3 is 2.20 bits per heavy atom. The predicted molar refractivity (Wildman–Crippen MR) is 104 cm³/mol. The number of nitrogens with zero attached hydrogens (tertiary/aromatic N) is 2. The van der Waals surface area contributed by atoms with Crippen molar-refractivity contribution in [3.05, 3.63) is 69.6 Å². The first-order chi connectivity index (χ1) is 12.0. The minimum Gasteiger partial charge on any atom is -0.380 e. The van der Waals surface area contributed by atoms with Gasteiger partial charge in [0.2, 0.25) is 0 Å². The summed E-state index contributed by atoms with van der Waals surface area (Å²) >= 11 is 7.31. The zero-order valence-corrected chi connectivity index (χ0v) is 15.6. The van der Waals surface area contributed by atoms with Crippen LogP contribution < -0.4 is 5.32 Å². The highest BCUT2D eigenvalue weighted by Crippen LogP contribution is 2.23. The van der Waals surface area contributed by atoms with E-state index in [-0.39, 0.29) is 5.91 Å². The highest BCUT2D eigenvalue weighted by Gasteiger charge is 2.07. The van der Waals surface area contributed by atoms with Gasteiger partial charge in [0.05, 0.1) is 6.54 Å². The maximum absolute atomic E-state index is 11.9. The van der Waals surface area contributed by atoms with Gasteiger partial charge in [-0.05, 0) is 35.4 Å². The van der Waals surface area contributed by atoms with Crippen LogP contribution in [0.5, 0.6) is 0 Å². The maximum Gasteiger partial charge on any atom is 0.253 e. The van der Waals surface area contributed by atoms with Crippen molar-refractivity contribution in [3.63, 3.8) is 0 Å². The minimum atomic E-state index is 0.00858. The number of thiazole rings is 1. The summed E-state index contributed by atoms with van der Waals surface area (Å²) in [7, 11) is 3.50. The second kappa shape index (κ2) is 7.68. The molecule has 0 aliphatic carbocycles. The van der Waals surface area contributed by atoms with E-state index in [2.05, 4.69) is 22.4 Å². The lowest BCUT2D eigenvalue weighted by Crippen LogP contribution is -2.21. The molecule has 1 amide bonds. The highest BCUT2D eigenvalue weighted by molar-refractivity contribution is 7.15. The Labute approximate surface area is 156 Å². The van der Waals surface area contributed by atoms with E-state index in [0.29, 0.717) is 16.6 Å². The Morgan fingerprint density at radius 1 is 1.08 bits per heavy atom. The number of hydrogen-bond acceptors (Lipinski definition) is 4. The van der Waals surface area contributed by atoms with Crippen molar-refractivity contribution in [1.29, 1.82) is 0 Å². The first-order valence-electron chi connectivity index (χ1n) is 7.79. The van der Waals surface area contributed by atoms with Gasteiger partial charge >= 0.3 is 0 Å². The van der Waals surface area contributed by atoms with Gasteiger partial charge in [0, 0.05) is 36.4 Å². The lowest BCUT2D eigenvalue weighted by Gasteiger charge is -2.11. The number of nitrogens with one attached hydrogen (secondary N) is 1. The molecule has 25 heavy (non-hydrogen) atoms. The number of rotatable bonds is 5. The van der Waals surface area contributed by atoms with Gasteiger partial charge in [0.25, 0.3) is 5.91 Å². The lowest BCUT2D eigenvalue weighted by atomic mass is 10.0. The number of benzene rings is 2. The zero-order chi connectivity index (χ0) is 17.8. The fraction of sp³-hybridized carbons (Fsp3) is 0.158. The van der Waals surface area contributed by atoms with Crippen molar-refractivity contribution >= 4 is 34.5 Å². The fourth-order valence-electron chi connectivity index (χ4n) is 2.40. The minimum absolute atomic E-state index is 0.00858. The van der Waals surface area contributed by atoms with Crippen molar-refractivity contribution in [3.8, 4) is 11.1 Å². The van der Waals surface area contributed by atoms with Gasteiger partial charge in [-0.25, -0.2) is 4.98 Å². The van der Waals surface area contributed by atoms with Gasteiger partial charge in [-0.3, -0.25) is 4.79 Å².